The number of aromatic amines is 1. The first-order chi connectivity index (χ1) is 9.54. The van der Waals surface area contributed by atoms with Gasteiger partial charge in [0.1, 0.15) is 4.90 Å². The average Bonchev–Trinajstić information content (AvgIpc) is 2.99. The smallest absolute Gasteiger partial charge is 0.244 e. The first-order valence-electron chi connectivity index (χ1n) is 6.89. The third kappa shape index (κ3) is 3.57. The number of ether oxygens (including phenoxy) is 1. The summed E-state index contributed by atoms with van der Waals surface area (Å²) in [4.78, 5) is 0.257. The second kappa shape index (κ2) is 6.66. The summed E-state index contributed by atoms with van der Waals surface area (Å²) in [7, 11) is -3.56. The number of hydrogen-bond acceptors (Lipinski definition) is 5. The Hall–Kier alpha value is -0.960. The molecule has 114 valence electrons. The van der Waals surface area contributed by atoms with Gasteiger partial charge in [-0.1, -0.05) is 6.92 Å². The van der Waals surface area contributed by atoms with E-state index >= 15 is 0 Å². The first-order valence-corrected chi connectivity index (χ1v) is 8.37. The maximum Gasteiger partial charge on any atom is 0.244 e. The van der Waals surface area contributed by atoms with Crippen LogP contribution in [0.25, 0.3) is 0 Å². The summed E-state index contributed by atoms with van der Waals surface area (Å²) < 4.78 is 32.8. The summed E-state index contributed by atoms with van der Waals surface area (Å²) in [5, 5.41) is 10.0. The molecule has 1 aromatic rings. The molecule has 3 N–H and O–H groups in total. The van der Waals surface area contributed by atoms with Gasteiger partial charge < -0.3 is 10.1 Å². The van der Waals surface area contributed by atoms with Crippen molar-refractivity contribution in [1.82, 2.24) is 20.2 Å². The predicted molar refractivity (Wildman–Crippen MR) is 74.9 cm³/mol. The average molecular weight is 302 g/mol. The monoisotopic (exact) mass is 302 g/mol. The van der Waals surface area contributed by atoms with Gasteiger partial charge in [0, 0.05) is 19.2 Å². The van der Waals surface area contributed by atoms with Gasteiger partial charge in [0.15, 0.2) is 0 Å². The van der Waals surface area contributed by atoms with Crippen molar-refractivity contribution < 1.29 is 13.2 Å². The van der Waals surface area contributed by atoms with Crippen molar-refractivity contribution in [1.29, 1.82) is 0 Å². The molecule has 0 radical (unpaired) electrons. The van der Waals surface area contributed by atoms with E-state index in [1.165, 1.54) is 0 Å². The fourth-order valence-corrected chi connectivity index (χ4v) is 3.85. The third-order valence-corrected chi connectivity index (χ3v) is 4.92. The molecule has 8 heteroatoms. The number of nitrogens with one attached hydrogen (secondary N) is 3. The standard InChI is InChI=1S/C12H22N4O3S/c1-3-5-13-7-11-12(9(2)14-15-11)20(17,18)16-10-4-6-19-8-10/h10,13,16H,3-8H2,1-2H3,(H,14,15). The van der Waals surface area contributed by atoms with E-state index in [4.69, 9.17) is 4.74 Å². The van der Waals surface area contributed by atoms with Crippen LogP contribution in [0.2, 0.25) is 0 Å². The molecular formula is C12H22N4O3S. The number of nitrogens with zero attached hydrogens (tertiary/aromatic N) is 1. The lowest BCUT2D eigenvalue weighted by molar-refractivity contribution is 0.192. The molecule has 2 heterocycles. The van der Waals surface area contributed by atoms with Gasteiger partial charge >= 0.3 is 0 Å². The molecule has 0 aromatic carbocycles. The molecule has 1 saturated heterocycles. The van der Waals surface area contributed by atoms with Gasteiger partial charge in [-0.2, -0.15) is 5.10 Å². The van der Waals surface area contributed by atoms with Crippen LogP contribution in [-0.2, 0) is 21.3 Å². The molecule has 1 aliphatic rings. The molecule has 1 aliphatic heterocycles. The normalized spacial score (nSPS) is 19.6. The lowest BCUT2D eigenvalue weighted by atomic mass is 10.3. The SMILES string of the molecule is CCCNCc1n[nH]c(C)c1S(=O)(=O)NC1CCOC1. The largest absolute Gasteiger partial charge is 0.380 e. The fraction of sp³-hybridized carbons (Fsp3) is 0.750. The summed E-state index contributed by atoms with van der Waals surface area (Å²) in [6, 6.07) is -0.147. The van der Waals surface area contributed by atoms with Gasteiger partial charge in [-0.3, -0.25) is 5.10 Å². The van der Waals surface area contributed by atoms with E-state index in [2.05, 4.69) is 27.2 Å². The molecular weight excluding hydrogens is 280 g/mol. The Bertz CT molecular complexity index is 535. The second-order valence-electron chi connectivity index (χ2n) is 4.98. The van der Waals surface area contributed by atoms with Crippen LogP contribution >= 0.6 is 0 Å². The first kappa shape index (κ1) is 15.4. The third-order valence-electron chi connectivity index (χ3n) is 3.20. The van der Waals surface area contributed by atoms with Crippen LogP contribution in [0.15, 0.2) is 4.90 Å². The molecule has 0 spiro atoms. The summed E-state index contributed by atoms with van der Waals surface area (Å²) in [5.41, 5.74) is 1.09. The van der Waals surface area contributed by atoms with Gasteiger partial charge in [-0.25, -0.2) is 13.1 Å². The van der Waals surface area contributed by atoms with Crippen LogP contribution in [0.4, 0.5) is 0 Å². The quantitative estimate of drug-likeness (QED) is 0.629. The Morgan fingerprint density at radius 1 is 1.50 bits per heavy atom. The molecule has 1 aromatic heterocycles. The van der Waals surface area contributed by atoms with E-state index in [1.807, 2.05) is 0 Å². The van der Waals surface area contributed by atoms with E-state index in [0.717, 1.165) is 13.0 Å². The van der Waals surface area contributed by atoms with E-state index < -0.39 is 10.0 Å². The second-order valence-corrected chi connectivity index (χ2v) is 6.63. The zero-order valence-electron chi connectivity index (χ0n) is 11.9. The van der Waals surface area contributed by atoms with E-state index in [-0.39, 0.29) is 10.9 Å². The molecule has 0 amide bonds. The van der Waals surface area contributed by atoms with Crippen LogP contribution in [0, 0.1) is 6.92 Å². The minimum atomic E-state index is -3.56. The zero-order chi connectivity index (χ0) is 14.6. The highest BCUT2D eigenvalue weighted by molar-refractivity contribution is 7.89. The fourth-order valence-electron chi connectivity index (χ4n) is 2.24. The van der Waals surface area contributed by atoms with E-state index in [9.17, 15) is 8.42 Å². The Balaban J connectivity index is 2.14. The summed E-state index contributed by atoms with van der Waals surface area (Å²) in [5.74, 6) is 0. The van der Waals surface area contributed by atoms with Crippen LogP contribution in [0.5, 0.6) is 0 Å². The van der Waals surface area contributed by atoms with Crippen molar-refractivity contribution in [3.8, 4) is 0 Å². The molecule has 0 bridgehead atoms. The molecule has 2 rings (SSSR count). The molecule has 20 heavy (non-hydrogen) atoms. The van der Waals surface area contributed by atoms with Gasteiger partial charge in [0.05, 0.1) is 18.0 Å². The van der Waals surface area contributed by atoms with Crippen molar-refractivity contribution >= 4 is 10.0 Å². The predicted octanol–water partition coefficient (Wildman–Crippen LogP) is 0.285. The number of hydrogen-bond donors (Lipinski definition) is 3. The minimum Gasteiger partial charge on any atom is -0.380 e. The minimum absolute atomic E-state index is 0.147. The molecule has 1 fully saturated rings. The number of sulfonamides is 1. The molecule has 1 atom stereocenters. The van der Waals surface area contributed by atoms with Gasteiger partial charge in [0.2, 0.25) is 10.0 Å². The summed E-state index contributed by atoms with van der Waals surface area (Å²) in [6.45, 7) is 6.07. The lowest BCUT2D eigenvalue weighted by Gasteiger charge is -2.12. The van der Waals surface area contributed by atoms with Crippen molar-refractivity contribution in [2.24, 2.45) is 0 Å². The maximum atomic E-state index is 12.5. The van der Waals surface area contributed by atoms with Gasteiger partial charge in [-0.15, -0.1) is 0 Å². The van der Waals surface area contributed by atoms with E-state index in [1.54, 1.807) is 6.92 Å². The van der Waals surface area contributed by atoms with Gasteiger partial charge in [-0.05, 0) is 26.3 Å². The summed E-state index contributed by atoms with van der Waals surface area (Å²) >= 11 is 0. The highest BCUT2D eigenvalue weighted by Crippen LogP contribution is 2.19. The topological polar surface area (TPSA) is 96.1 Å². The van der Waals surface area contributed by atoms with Crippen molar-refractivity contribution in [3.63, 3.8) is 0 Å². The van der Waals surface area contributed by atoms with Crippen LogP contribution in [-0.4, -0.2) is 44.4 Å². The Kier molecular flexibility index (Phi) is 5.14. The number of aryl methyl sites for hydroxylation is 1. The highest BCUT2D eigenvalue weighted by atomic mass is 32.2. The Labute approximate surface area is 119 Å². The van der Waals surface area contributed by atoms with Crippen LogP contribution < -0.4 is 10.0 Å². The Morgan fingerprint density at radius 2 is 2.30 bits per heavy atom. The van der Waals surface area contributed by atoms with Crippen molar-refractivity contribution in [2.75, 3.05) is 19.8 Å². The number of aromatic nitrogens is 2. The van der Waals surface area contributed by atoms with Crippen LogP contribution in [0.1, 0.15) is 31.2 Å². The summed E-state index contributed by atoms with van der Waals surface area (Å²) in [6.07, 6.45) is 1.70. The maximum absolute atomic E-state index is 12.5. The molecule has 0 aliphatic carbocycles. The van der Waals surface area contributed by atoms with Crippen LogP contribution in [0.3, 0.4) is 0 Å². The lowest BCUT2D eigenvalue weighted by Crippen LogP contribution is -2.35. The van der Waals surface area contributed by atoms with Crippen molar-refractivity contribution in [2.45, 2.75) is 44.2 Å². The highest BCUT2D eigenvalue weighted by Gasteiger charge is 2.28. The molecule has 0 saturated carbocycles. The van der Waals surface area contributed by atoms with E-state index in [0.29, 0.717) is 37.6 Å². The zero-order valence-corrected chi connectivity index (χ0v) is 12.7. The molecule has 7 nitrogen and oxygen atoms in total. The Morgan fingerprint density at radius 3 is 2.95 bits per heavy atom. The number of rotatable bonds is 7. The number of H-pyrrole nitrogens is 1. The molecule has 1 unspecified atom stereocenters. The van der Waals surface area contributed by atoms with Gasteiger partial charge in [0.25, 0.3) is 0 Å². The van der Waals surface area contributed by atoms with Crippen molar-refractivity contribution in [3.05, 3.63) is 11.4 Å².